The van der Waals surface area contributed by atoms with Crippen LogP contribution in [-0.2, 0) is 0 Å². The first-order chi connectivity index (χ1) is 13.2. The molecular formula is C21H17N5O. The molecule has 4 aromatic rings. The number of hydrogen-bond acceptors (Lipinski definition) is 5. The van der Waals surface area contributed by atoms with E-state index in [1.54, 1.807) is 18.3 Å². The first-order valence-corrected chi connectivity index (χ1v) is 8.51. The van der Waals surface area contributed by atoms with Crippen LogP contribution in [0.15, 0.2) is 72.9 Å². The van der Waals surface area contributed by atoms with Crippen LogP contribution in [0, 0.1) is 6.92 Å². The molecule has 0 aliphatic heterocycles. The van der Waals surface area contributed by atoms with Crippen molar-refractivity contribution >= 4 is 34.0 Å². The Bertz CT molecular complexity index is 1100. The molecule has 2 aromatic heterocycles. The van der Waals surface area contributed by atoms with Crippen molar-refractivity contribution in [2.45, 2.75) is 6.92 Å². The predicted octanol–water partition coefficient (Wildman–Crippen LogP) is 4.33. The van der Waals surface area contributed by atoms with E-state index >= 15 is 0 Å². The molecule has 132 valence electrons. The third kappa shape index (κ3) is 3.74. The van der Waals surface area contributed by atoms with Gasteiger partial charge in [-0.25, -0.2) is 0 Å². The van der Waals surface area contributed by atoms with Crippen molar-refractivity contribution in [1.29, 1.82) is 0 Å². The van der Waals surface area contributed by atoms with Crippen LogP contribution in [0.2, 0.25) is 0 Å². The van der Waals surface area contributed by atoms with E-state index in [0.29, 0.717) is 5.82 Å². The Hall–Kier alpha value is -3.80. The number of carbonyl (C=O) groups is 1. The van der Waals surface area contributed by atoms with Crippen molar-refractivity contribution in [3.05, 3.63) is 84.2 Å². The van der Waals surface area contributed by atoms with E-state index < -0.39 is 0 Å². The van der Waals surface area contributed by atoms with E-state index in [2.05, 4.69) is 25.8 Å². The van der Waals surface area contributed by atoms with Gasteiger partial charge in [0.15, 0.2) is 11.5 Å². The van der Waals surface area contributed by atoms with Crippen molar-refractivity contribution in [2.24, 2.45) is 0 Å². The number of aromatic nitrogens is 3. The van der Waals surface area contributed by atoms with E-state index in [4.69, 9.17) is 0 Å². The van der Waals surface area contributed by atoms with E-state index in [1.165, 1.54) is 0 Å². The topological polar surface area (TPSA) is 79.8 Å². The summed E-state index contributed by atoms with van der Waals surface area (Å²) in [5.74, 6) is 0.242. The average molecular weight is 355 g/mol. The third-order valence-corrected chi connectivity index (χ3v) is 4.07. The Balaban J connectivity index is 1.51. The van der Waals surface area contributed by atoms with E-state index in [1.807, 2.05) is 61.5 Å². The average Bonchev–Trinajstić information content (AvgIpc) is 2.69. The minimum absolute atomic E-state index is 0.248. The number of amides is 1. The van der Waals surface area contributed by atoms with Crippen LogP contribution in [0.25, 0.3) is 10.9 Å². The van der Waals surface area contributed by atoms with E-state index in [0.717, 1.165) is 27.8 Å². The number of hydrogen-bond donors (Lipinski definition) is 2. The van der Waals surface area contributed by atoms with Crippen LogP contribution in [0.5, 0.6) is 0 Å². The molecule has 1 amide bonds. The fourth-order valence-corrected chi connectivity index (χ4v) is 2.78. The lowest BCUT2D eigenvalue weighted by molar-refractivity contribution is 0.102. The van der Waals surface area contributed by atoms with Crippen LogP contribution in [0.3, 0.4) is 0 Å². The lowest BCUT2D eigenvalue weighted by Crippen LogP contribution is -2.14. The molecule has 27 heavy (non-hydrogen) atoms. The summed E-state index contributed by atoms with van der Waals surface area (Å²) >= 11 is 0. The van der Waals surface area contributed by atoms with Gasteiger partial charge in [0, 0.05) is 17.3 Å². The van der Waals surface area contributed by atoms with E-state index in [-0.39, 0.29) is 11.6 Å². The maximum Gasteiger partial charge on any atom is 0.276 e. The molecule has 2 heterocycles. The summed E-state index contributed by atoms with van der Waals surface area (Å²) < 4.78 is 0. The summed E-state index contributed by atoms with van der Waals surface area (Å²) in [7, 11) is 0. The fourth-order valence-electron chi connectivity index (χ4n) is 2.78. The van der Waals surface area contributed by atoms with Crippen molar-refractivity contribution < 1.29 is 4.79 Å². The maximum absolute atomic E-state index is 12.3. The lowest BCUT2D eigenvalue weighted by atomic mass is 10.2. The Morgan fingerprint density at radius 3 is 2.59 bits per heavy atom. The largest absolute Gasteiger partial charge is 0.337 e. The normalized spacial score (nSPS) is 10.6. The molecule has 0 aliphatic rings. The molecular weight excluding hydrogens is 338 g/mol. The van der Waals surface area contributed by atoms with Gasteiger partial charge in [0.25, 0.3) is 5.91 Å². The van der Waals surface area contributed by atoms with Gasteiger partial charge in [-0.3, -0.25) is 9.78 Å². The van der Waals surface area contributed by atoms with Crippen LogP contribution in [-0.4, -0.2) is 21.1 Å². The summed E-state index contributed by atoms with van der Waals surface area (Å²) in [5.41, 5.74) is 3.73. The van der Waals surface area contributed by atoms with Gasteiger partial charge in [0.1, 0.15) is 0 Å². The van der Waals surface area contributed by atoms with Crippen LogP contribution in [0.4, 0.5) is 17.2 Å². The van der Waals surface area contributed by atoms with Crippen LogP contribution >= 0.6 is 0 Å². The standard InChI is InChI=1S/C21H17N5O/c1-14-5-2-8-16(13-14)23-21(27)18-10-11-19(26-25-18)24-17-9-3-6-15-7-4-12-22-20(15)17/h2-13H,1H3,(H,23,27)(H,24,26). The zero-order valence-corrected chi connectivity index (χ0v) is 14.7. The number of aryl methyl sites for hydroxylation is 1. The highest BCUT2D eigenvalue weighted by Crippen LogP contribution is 2.23. The fraction of sp³-hybridized carbons (Fsp3) is 0.0476. The van der Waals surface area contributed by atoms with Gasteiger partial charge in [-0.1, -0.05) is 30.3 Å². The van der Waals surface area contributed by atoms with Gasteiger partial charge in [0.2, 0.25) is 0 Å². The molecule has 4 rings (SSSR count). The molecule has 0 radical (unpaired) electrons. The summed E-state index contributed by atoms with van der Waals surface area (Å²) in [5, 5.41) is 15.2. The van der Waals surface area contributed by atoms with Crippen LogP contribution < -0.4 is 10.6 Å². The zero-order chi connectivity index (χ0) is 18.6. The number of nitrogens with one attached hydrogen (secondary N) is 2. The highest BCUT2D eigenvalue weighted by Gasteiger charge is 2.10. The van der Waals surface area contributed by atoms with Crippen molar-refractivity contribution in [2.75, 3.05) is 10.6 Å². The Kier molecular flexibility index (Phi) is 4.45. The molecule has 0 fully saturated rings. The number of anilines is 3. The summed E-state index contributed by atoms with van der Waals surface area (Å²) in [6.07, 6.45) is 1.75. The minimum atomic E-state index is -0.300. The summed E-state index contributed by atoms with van der Waals surface area (Å²) in [6.45, 7) is 1.97. The number of fused-ring (bicyclic) bond motifs is 1. The second-order valence-electron chi connectivity index (χ2n) is 6.13. The number of nitrogens with zero attached hydrogens (tertiary/aromatic N) is 3. The molecule has 0 saturated carbocycles. The third-order valence-electron chi connectivity index (χ3n) is 4.07. The predicted molar refractivity (Wildman–Crippen MR) is 106 cm³/mol. The molecule has 0 aliphatic carbocycles. The highest BCUT2D eigenvalue weighted by molar-refractivity contribution is 6.02. The first kappa shape index (κ1) is 16.7. The lowest BCUT2D eigenvalue weighted by Gasteiger charge is -2.08. The molecule has 2 N–H and O–H groups in total. The van der Waals surface area contributed by atoms with Crippen molar-refractivity contribution in [3.8, 4) is 0 Å². The molecule has 2 aromatic carbocycles. The van der Waals surface area contributed by atoms with Gasteiger partial charge in [-0.05, 0) is 48.9 Å². The highest BCUT2D eigenvalue weighted by atomic mass is 16.1. The molecule has 0 unspecified atom stereocenters. The number of pyridine rings is 1. The molecule has 6 heteroatoms. The maximum atomic E-state index is 12.3. The van der Waals surface area contributed by atoms with Gasteiger partial charge < -0.3 is 10.6 Å². The zero-order valence-electron chi connectivity index (χ0n) is 14.7. The number of rotatable bonds is 4. The molecule has 0 bridgehead atoms. The van der Waals surface area contributed by atoms with Crippen molar-refractivity contribution in [3.63, 3.8) is 0 Å². The Morgan fingerprint density at radius 2 is 1.78 bits per heavy atom. The Morgan fingerprint density at radius 1 is 0.926 bits per heavy atom. The van der Waals surface area contributed by atoms with Gasteiger partial charge in [-0.15, -0.1) is 10.2 Å². The Labute approximate surface area is 156 Å². The van der Waals surface area contributed by atoms with Gasteiger partial charge in [0.05, 0.1) is 11.2 Å². The number of carbonyl (C=O) groups excluding carboxylic acids is 1. The molecule has 6 nitrogen and oxygen atoms in total. The van der Waals surface area contributed by atoms with Crippen LogP contribution in [0.1, 0.15) is 16.1 Å². The van der Waals surface area contributed by atoms with Gasteiger partial charge in [-0.2, -0.15) is 0 Å². The van der Waals surface area contributed by atoms with E-state index in [9.17, 15) is 4.79 Å². The molecule has 0 atom stereocenters. The molecule has 0 saturated heterocycles. The minimum Gasteiger partial charge on any atom is -0.337 e. The quantitative estimate of drug-likeness (QED) is 0.569. The first-order valence-electron chi connectivity index (χ1n) is 8.51. The number of benzene rings is 2. The summed E-state index contributed by atoms with van der Waals surface area (Å²) in [6, 6.07) is 20.7. The summed E-state index contributed by atoms with van der Waals surface area (Å²) in [4.78, 5) is 16.7. The monoisotopic (exact) mass is 355 g/mol. The second-order valence-corrected chi connectivity index (χ2v) is 6.13. The number of para-hydroxylation sites is 1. The molecule has 0 spiro atoms. The van der Waals surface area contributed by atoms with Crippen molar-refractivity contribution in [1.82, 2.24) is 15.2 Å². The SMILES string of the molecule is Cc1cccc(NC(=O)c2ccc(Nc3cccc4cccnc34)nn2)c1. The van der Waals surface area contributed by atoms with Gasteiger partial charge >= 0.3 is 0 Å². The second kappa shape index (κ2) is 7.21. The smallest absolute Gasteiger partial charge is 0.276 e.